The van der Waals surface area contributed by atoms with Crippen LogP contribution in [0, 0.1) is 116 Å². The Morgan fingerprint density at radius 1 is 0.404 bits per heavy atom. The molecular formula is C34H10BF20NS. The van der Waals surface area contributed by atoms with E-state index in [0.717, 1.165) is 6.54 Å². The van der Waals surface area contributed by atoms with Crippen LogP contribution in [0.3, 0.4) is 0 Å². The molecule has 6 rings (SSSR count). The van der Waals surface area contributed by atoms with E-state index in [1.807, 2.05) is 6.08 Å². The van der Waals surface area contributed by atoms with Crippen LogP contribution in [0.15, 0.2) is 42.4 Å². The fourth-order valence-corrected chi connectivity index (χ4v) is 7.03. The van der Waals surface area contributed by atoms with E-state index in [1.165, 1.54) is 10.2 Å². The van der Waals surface area contributed by atoms with Crippen molar-refractivity contribution in [2.75, 3.05) is 0 Å². The van der Waals surface area contributed by atoms with Gasteiger partial charge in [0.2, 0.25) is 11.0 Å². The summed E-state index contributed by atoms with van der Waals surface area (Å²) < 4.78 is 297. The third-order valence-corrected chi connectivity index (χ3v) is 9.47. The number of rotatable bonds is 6. The Kier molecular flexibility index (Phi) is 11.5. The van der Waals surface area contributed by atoms with E-state index >= 15 is 35.1 Å². The number of aromatic nitrogens is 1. The van der Waals surface area contributed by atoms with E-state index in [0.29, 0.717) is 0 Å². The first kappa shape index (κ1) is 42.5. The van der Waals surface area contributed by atoms with E-state index in [-0.39, 0.29) is 0 Å². The van der Waals surface area contributed by atoms with Gasteiger partial charge in [-0.05, 0) is 12.1 Å². The standard InChI is InChI=1S/C24BF20.C10H10NS/c26-5-1(6(27)14(35)21(42)13(5)34)25(2-7(28)15(36)22(43)16(37)8(2)29,3-9(30)17(38)23(44)18(39)10(3)31)4-11(32)19(40)24(45)20(41)12(4)33;1-2-7-11-8-12-10-6-4-3-5-9(10)11/h;2-6,8H,1,7H2/q-1;+1. The molecule has 5 aromatic carbocycles. The molecule has 0 aliphatic heterocycles. The van der Waals surface area contributed by atoms with Crippen LogP contribution in [0.2, 0.25) is 0 Å². The Morgan fingerprint density at radius 2 is 0.649 bits per heavy atom. The molecule has 0 bridgehead atoms. The largest absolute Gasteiger partial charge is 0.226 e. The van der Waals surface area contributed by atoms with E-state index in [2.05, 4.69) is 40.9 Å². The normalized spacial score (nSPS) is 11.6. The van der Waals surface area contributed by atoms with Gasteiger partial charge in [0, 0.05) is 6.07 Å². The van der Waals surface area contributed by atoms with Crippen molar-refractivity contribution in [3.8, 4) is 0 Å². The molecule has 23 heteroatoms. The summed E-state index contributed by atoms with van der Waals surface area (Å²) in [6.07, 6.45) is -5.30. The Morgan fingerprint density at radius 3 is 0.912 bits per heavy atom. The van der Waals surface area contributed by atoms with Crippen molar-refractivity contribution >= 4 is 49.6 Å². The molecule has 0 N–H and O–H groups in total. The highest BCUT2D eigenvalue weighted by atomic mass is 32.1. The van der Waals surface area contributed by atoms with Crippen LogP contribution >= 0.6 is 11.3 Å². The first-order valence-corrected chi connectivity index (χ1v) is 15.7. The number of hydrogen-bond donors (Lipinski definition) is 0. The maximum Gasteiger partial charge on any atom is 0.226 e. The van der Waals surface area contributed by atoms with Crippen LogP contribution in [0.25, 0.3) is 10.2 Å². The minimum atomic E-state index is -7.22. The van der Waals surface area contributed by atoms with Crippen LogP contribution in [0.5, 0.6) is 0 Å². The van der Waals surface area contributed by atoms with Crippen LogP contribution in [-0.2, 0) is 6.54 Å². The Labute approximate surface area is 307 Å². The molecule has 0 saturated carbocycles. The molecule has 0 spiro atoms. The zero-order valence-corrected chi connectivity index (χ0v) is 27.7. The van der Waals surface area contributed by atoms with Crippen molar-refractivity contribution < 1.29 is 92.4 Å². The van der Waals surface area contributed by atoms with Crippen molar-refractivity contribution in [2.24, 2.45) is 0 Å². The molecule has 0 aliphatic carbocycles. The molecule has 0 radical (unpaired) electrons. The van der Waals surface area contributed by atoms with Gasteiger partial charge in [-0.2, -0.15) is 4.57 Å². The number of fused-ring (bicyclic) bond motifs is 1. The van der Waals surface area contributed by atoms with E-state index in [1.54, 1.807) is 11.3 Å². The average molecular weight is 855 g/mol. The van der Waals surface area contributed by atoms with Gasteiger partial charge in [0.1, 0.15) is 57.4 Å². The summed E-state index contributed by atoms with van der Waals surface area (Å²) in [6.45, 7) is 4.62. The second kappa shape index (κ2) is 15.4. The summed E-state index contributed by atoms with van der Waals surface area (Å²) in [5.74, 6) is -71.4. The highest BCUT2D eigenvalue weighted by Gasteiger charge is 2.52. The average Bonchev–Trinajstić information content (AvgIpc) is 3.60. The molecule has 0 atom stereocenters. The molecule has 1 aromatic heterocycles. The minimum Gasteiger partial charge on any atom is -0.207 e. The molecule has 0 amide bonds. The van der Waals surface area contributed by atoms with Gasteiger partial charge in [-0.25, -0.2) is 87.8 Å². The number of nitrogens with zero attached hydrogens (tertiary/aromatic N) is 1. The molecule has 300 valence electrons. The molecule has 0 fully saturated rings. The lowest BCUT2D eigenvalue weighted by Crippen LogP contribution is -2.81. The van der Waals surface area contributed by atoms with Crippen molar-refractivity contribution in [1.29, 1.82) is 0 Å². The second-order valence-electron chi connectivity index (χ2n) is 11.4. The molecule has 0 saturated heterocycles. The fraction of sp³-hybridized carbons (Fsp3) is 0.0294. The zero-order chi connectivity index (χ0) is 42.7. The third-order valence-electron chi connectivity index (χ3n) is 8.51. The zero-order valence-electron chi connectivity index (χ0n) is 26.9. The molecule has 1 heterocycles. The lowest BCUT2D eigenvalue weighted by atomic mass is 9.12. The lowest BCUT2D eigenvalue weighted by molar-refractivity contribution is -0.656. The van der Waals surface area contributed by atoms with E-state index in [9.17, 15) is 52.7 Å². The van der Waals surface area contributed by atoms with Gasteiger partial charge in [0.05, 0.1) is 0 Å². The van der Waals surface area contributed by atoms with Crippen LogP contribution in [0.4, 0.5) is 87.8 Å². The Bertz CT molecular complexity index is 2260. The first-order chi connectivity index (χ1) is 26.6. The summed E-state index contributed by atoms with van der Waals surface area (Å²) in [5.41, 5.74) is -10.9. The second-order valence-corrected chi connectivity index (χ2v) is 12.3. The highest BCUT2D eigenvalue weighted by Crippen LogP contribution is 2.30. The maximum atomic E-state index is 15.4. The van der Waals surface area contributed by atoms with Gasteiger partial charge < -0.3 is 0 Å². The lowest BCUT2D eigenvalue weighted by Gasteiger charge is -2.44. The monoisotopic (exact) mass is 855 g/mol. The molecule has 1 nitrogen and oxygen atoms in total. The minimum absolute atomic E-state index is 0.893. The summed E-state index contributed by atoms with van der Waals surface area (Å²) in [6, 6.07) is 8.40. The van der Waals surface area contributed by atoms with Crippen molar-refractivity contribution in [3.05, 3.63) is 159 Å². The maximum absolute atomic E-state index is 15.4. The third kappa shape index (κ3) is 6.25. The van der Waals surface area contributed by atoms with Gasteiger partial charge >= 0.3 is 0 Å². The van der Waals surface area contributed by atoms with Crippen molar-refractivity contribution in [3.63, 3.8) is 0 Å². The number of thiazole rings is 1. The number of para-hydroxylation sites is 1. The molecule has 6 aromatic rings. The van der Waals surface area contributed by atoms with Gasteiger partial charge in [0.25, 0.3) is 0 Å². The summed E-state index contributed by atoms with van der Waals surface area (Å²) in [5, 5.41) is 0. The smallest absolute Gasteiger partial charge is 0.207 e. The first-order valence-electron chi connectivity index (χ1n) is 14.8. The number of benzene rings is 5. The summed E-state index contributed by atoms with van der Waals surface area (Å²) in [4.78, 5) is 0. The predicted octanol–water partition coefficient (Wildman–Crippen LogP) is 8.22. The van der Waals surface area contributed by atoms with Crippen LogP contribution < -0.4 is 26.4 Å². The van der Waals surface area contributed by atoms with E-state index in [4.69, 9.17) is 0 Å². The van der Waals surface area contributed by atoms with E-state index < -0.39 is 144 Å². The van der Waals surface area contributed by atoms with Crippen molar-refractivity contribution in [1.82, 2.24) is 0 Å². The number of halogens is 20. The molecular weight excluding hydrogens is 845 g/mol. The predicted molar refractivity (Wildman–Crippen MR) is 161 cm³/mol. The highest BCUT2D eigenvalue weighted by molar-refractivity contribution is 7.20. The number of hydrogen-bond acceptors (Lipinski definition) is 1. The topological polar surface area (TPSA) is 3.88 Å². The quantitative estimate of drug-likeness (QED) is 0.0398. The van der Waals surface area contributed by atoms with Gasteiger partial charge in [0.15, 0.2) is 76.4 Å². The van der Waals surface area contributed by atoms with Gasteiger partial charge in [-0.15, -0.1) is 21.9 Å². The van der Waals surface area contributed by atoms with Crippen molar-refractivity contribution in [2.45, 2.75) is 6.54 Å². The Hall–Kier alpha value is -5.61. The van der Waals surface area contributed by atoms with Gasteiger partial charge in [-0.1, -0.05) is 30.0 Å². The molecule has 57 heavy (non-hydrogen) atoms. The SMILES string of the molecule is C=CC[n+]1csc2ccccc21.Fc1c(F)c(F)c([B-](c2c(F)c(F)c(F)c(F)c2F)(c2c(F)c(F)c(F)c(F)c2F)c2c(F)c(F)c(F)c(F)c2F)c(F)c1F. The Balaban J connectivity index is 0.000000436. The fourth-order valence-electron chi connectivity index (χ4n) is 6.13. The van der Waals surface area contributed by atoms with Gasteiger partial charge in [-0.3, -0.25) is 0 Å². The summed E-state index contributed by atoms with van der Waals surface area (Å²) >= 11 is 1.77. The molecule has 0 aliphatic rings. The molecule has 0 unspecified atom stereocenters. The number of allylic oxidation sites excluding steroid dienone is 1. The van der Waals surface area contributed by atoms with Crippen LogP contribution in [-0.4, -0.2) is 6.15 Å². The summed E-state index contributed by atoms with van der Waals surface area (Å²) in [7, 11) is 0. The van der Waals surface area contributed by atoms with Crippen LogP contribution in [0.1, 0.15) is 0 Å².